The lowest BCUT2D eigenvalue weighted by Gasteiger charge is -2.11. The van der Waals surface area contributed by atoms with Crippen molar-refractivity contribution in [2.75, 3.05) is 6.61 Å². The molecular formula is C14H16O3. The number of benzene rings is 1. The van der Waals surface area contributed by atoms with Gasteiger partial charge < -0.3 is 14.6 Å². The molecule has 2 N–H and O–H groups in total. The summed E-state index contributed by atoms with van der Waals surface area (Å²) in [5.74, 6) is 0.463. The minimum Gasteiger partial charge on any atom is -0.458 e. The van der Waals surface area contributed by atoms with Crippen LogP contribution in [0.3, 0.4) is 0 Å². The molecule has 1 aromatic carbocycles. The van der Waals surface area contributed by atoms with Crippen LogP contribution in [0.4, 0.5) is 0 Å². The van der Waals surface area contributed by atoms with E-state index in [0.717, 1.165) is 16.5 Å². The Morgan fingerprint density at radius 2 is 2.06 bits per heavy atom. The number of furan rings is 1. The zero-order valence-electron chi connectivity index (χ0n) is 9.60. The molecular weight excluding hydrogens is 216 g/mol. The Bertz CT molecular complexity index is 513. The molecule has 1 unspecified atom stereocenters. The van der Waals surface area contributed by atoms with E-state index >= 15 is 0 Å². The number of aliphatic hydroxyl groups excluding tert-OH is 2. The normalized spacial score (nSPS) is 12.8. The van der Waals surface area contributed by atoms with Crippen molar-refractivity contribution < 1.29 is 14.6 Å². The summed E-state index contributed by atoms with van der Waals surface area (Å²) in [5, 5.41) is 19.7. The Morgan fingerprint density at radius 3 is 2.71 bits per heavy atom. The Hall–Kier alpha value is -1.58. The van der Waals surface area contributed by atoms with Crippen LogP contribution in [0.2, 0.25) is 0 Å². The summed E-state index contributed by atoms with van der Waals surface area (Å²) in [7, 11) is 0. The van der Waals surface area contributed by atoms with E-state index in [4.69, 9.17) is 4.42 Å². The van der Waals surface area contributed by atoms with Crippen LogP contribution >= 0.6 is 0 Å². The van der Waals surface area contributed by atoms with Gasteiger partial charge >= 0.3 is 0 Å². The van der Waals surface area contributed by atoms with Crippen molar-refractivity contribution in [3.63, 3.8) is 0 Å². The number of para-hydroxylation sites is 1. The smallest absolute Gasteiger partial charge is 0.134 e. The van der Waals surface area contributed by atoms with E-state index < -0.39 is 0 Å². The highest BCUT2D eigenvalue weighted by molar-refractivity contribution is 5.82. The fourth-order valence-electron chi connectivity index (χ4n) is 2.17. The molecule has 0 radical (unpaired) electrons. The van der Waals surface area contributed by atoms with E-state index in [0.29, 0.717) is 12.2 Å². The van der Waals surface area contributed by atoms with Gasteiger partial charge in [0.2, 0.25) is 0 Å². The maximum atomic E-state index is 9.44. The summed E-state index contributed by atoms with van der Waals surface area (Å²) in [6.07, 6.45) is 2.43. The van der Waals surface area contributed by atoms with Gasteiger partial charge in [-0.15, -0.1) is 6.58 Å². The van der Waals surface area contributed by atoms with Gasteiger partial charge in [-0.05, 0) is 12.5 Å². The largest absolute Gasteiger partial charge is 0.458 e. The number of hydrogen-bond acceptors (Lipinski definition) is 3. The molecule has 0 bridgehead atoms. The topological polar surface area (TPSA) is 53.6 Å². The number of aliphatic hydroxyl groups is 2. The molecule has 2 rings (SSSR count). The van der Waals surface area contributed by atoms with E-state index in [1.165, 1.54) is 0 Å². The highest BCUT2D eigenvalue weighted by Gasteiger charge is 2.20. The Morgan fingerprint density at radius 1 is 1.29 bits per heavy atom. The molecule has 17 heavy (non-hydrogen) atoms. The van der Waals surface area contributed by atoms with Crippen molar-refractivity contribution in [3.8, 4) is 0 Å². The summed E-state index contributed by atoms with van der Waals surface area (Å²) in [5.41, 5.74) is 1.64. The molecule has 0 aliphatic carbocycles. The molecule has 1 heterocycles. The molecule has 1 atom stereocenters. The lowest BCUT2D eigenvalue weighted by Crippen LogP contribution is -2.05. The van der Waals surface area contributed by atoms with Gasteiger partial charge in [-0.2, -0.15) is 0 Å². The van der Waals surface area contributed by atoms with E-state index in [1.807, 2.05) is 24.3 Å². The fourth-order valence-corrected chi connectivity index (χ4v) is 2.17. The predicted molar refractivity (Wildman–Crippen MR) is 66.8 cm³/mol. The first-order valence-electron chi connectivity index (χ1n) is 5.64. The Labute approximate surface area is 100.0 Å². The summed E-state index contributed by atoms with van der Waals surface area (Å²) in [4.78, 5) is 0. The predicted octanol–water partition coefficient (Wildman–Crippen LogP) is 2.58. The van der Waals surface area contributed by atoms with E-state index in [-0.39, 0.29) is 19.1 Å². The van der Waals surface area contributed by atoms with Crippen molar-refractivity contribution in [2.24, 2.45) is 0 Å². The van der Waals surface area contributed by atoms with Crippen LogP contribution in [0.5, 0.6) is 0 Å². The maximum absolute atomic E-state index is 9.44. The third-order valence-electron chi connectivity index (χ3n) is 2.93. The number of allylic oxidation sites excluding steroid dienone is 1. The summed E-state index contributed by atoms with van der Waals surface area (Å²) < 4.78 is 5.58. The molecule has 0 spiro atoms. The highest BCUT2D eigenvalue weighted by atomic mass is 16.4. The molecule has 0 saturated carbocycles. The molecule has 1 aromatic heterocycles. The Balaban J connectivity index is 2.59. The maximum Gasteiger partial charge on any atom is 0.134 e. The van der Waals surface area contributed by atoms with Crippen molar-refractivity contribution in [1.82, 2.24) is 0 Å². The molecule has 0 saturated heterocycles. The number of rotatable bonds is 5. The SMILES string of the molecule is C=CCC(CO)c1c(CO)oc2ccccc12. The van der Waals surface area contributed by atoms with Crippen LogP contribution in [-0.2, 0) is 6.61 Å². The van der Waals surface area contributed by atoms with E-state index in [1.54, 1.807) is 6.08 Å². The molecule has 0 aliphatic heterocycles. The Kier molecular flexibility index (Phi) is 3.61. The monoisotopic (exact) mass is 232 g/mol. The summed E-state index contributed by atoms with van der Waals surface area (Å²) in [6, 6.07) is 7.61. The van der Waals surface area contributed by atoms with Crippen molar-refractivity contribution in [3.05, 3.63) is 48.2 Å². The first-order valence-corrected chi connectivity index (χ1v) is 5.64. The van der Waals surface area contributed by atoms with Gasteiger partial charge in [-0.25, -0.2) is 0 Å². The third kappa shape index (κ3) is 2.12. The van der Waals surface area contributed by atoms with Gasteiger partial charge in [-0.1, -0.05) is 24.3 Å². The molecule has 3 nitrogen and oxygen atoms in total. The van der Waals surface area contributed by atoms with Crippen molar-refractivity contribution in [1.29, 1.82) is 0 Å². The summed E-state index contributed by atoms with van der Waals surface area (Å²) >= 11 is 0. The fraction of sp³-hybridized carbons (Fsp3) is 0.286. The van der Waals surface area contributed by atoms with Crippen molar-refractivity contribution >= 4 is 11.0 Å². The third-order valence-corrected chi connectivity index (χ3v) is 2.93. The van der Waals surface area contributed by atoms with Crippen LogP contribution in [-0.4, -0.2) is 16.8 Å². The molecule has 90 valence electrons. The molecule has 0 amide bonds. The van der Waals surface area contributed by atoms with Gasteiger partial charge in [0.1, 0.15) is 18.0 Å². The zero-order chi connectivity index (χ0) is 12.3. The van der Waals surface area contributed by atoms with Gasteiger partial charge in [-0.3, -0.25) is 0 Å². The average Bonchev–Trinajstić information content (AvgIpc) is 2.74. The molecule has 2 aromatic rings. The quantitative estimate of drug-likeness (QED) is 0.779. The van der Waals surface area contributed by atoms with Crippen LogP contribution in [0, 0.1) is 0 Å². The first kappa shape index (κ1) is 11.9. The second-order valence-corrected chi connectivity index (χ2v) is 4.00. The standard InChI is InChI=1S/C14H16O3/c1-2-5-10(8-15)14-11-6-3-4-7-12(11)17-13(14)9-16/h2-4,6-7,10,15-16H,1,5,8-9H2. The lowest BCUT2D eigenvalue weighted by atomic mass is 9.94. The lowest BCUT2D eigenvalue weighted by molar-refractivity contribution is 0.238. The van der Waals surface area contributed by atoms with Crippen molar-refractivity contribution in [2.45, 2.75) is 18.9 Å². The van der Waals surface area contributed by atoms with Crippen LogP contribution < -0.4 is 0 Å². The van der Waals surface area contributed by atoms with Gasteiger partial charge in [0.15, 0.2) is 0 Å². The average molecular weight is 232 g/mol. The highest BCUT2D eigenvalue weighted by Crippen LogP contribution is 2.33. The number of fused-ring (bicyclic) bond motifs is 1. The number of hydrogen-bond donors (Lipinski definition) is 2. The first-order chi connectivity index (χ1) is 8.31. The second-order valence-electron chi connectivity index (χ2n) is 4.00. The van der Waals surface area contributed by atoms with Crippen LogP contribution in [0.25, 0.3) is 11.0 Å². The van der Waals surface area contributed by atoms with E-state index in [9.17, 15) is 10.2 Å². The van der Waals surface area contributed by atoms with Gasteiger partial charge in [0.25, 0.3) is 0 Å². The summed E-state index contributed by atoms with van der Waals surface area (Å²) in [6.45, 7) is 3.55. The van der Waals surface area contributed by atoms with Crippen LogP contribution in [0.1, 0.15) is 23.7 Å². The van der Waals surface area contributed by atoms with E-state index in [2.05, 4.69) is 6.58 Å². The minimum atomic E-state index is -0.155. The minimum absolute atomic E-state index is 0.0164. The van der Waals surface area contributed by atoms with Gasteiger partial charge in [0.05, 0.1) is 6.61 Å². The molecule has 0 aliphatic rings. The molecule has 0 fully saturated rings. The zero-order valence-corrected chi connectivity index (χ0v) is 9.60. The van der Waals surface area contributed by atoms with Crippen LogP contribution in [0.15, 0.2) is 41.3 Å². The van der Waals surface area contributed by atoms with Gasteiger partial charge in [0, 0.05) is 16.9 Å². The second kappa shape index (κ2) is 5.17. The molecule has 3 heteroatoms.